The van der Waals surface area contributed by atoms with Crippen LogP contribution >= 0.6 is 11.6 Å². The molecule has 0 spiro atoms. The Hall–Kier alpha value is -4.32. The van der Waals surface area contributed by atoms with Crippen LogP contribution < -0.4 is 20.5 Å². The van der Waals surface area contributed by atoms with Gasteiger partial charge in [-0.25, -0.2) is 18.7 Å². The number of aliphatic carboxylic acids is 1. The number of aryl methyl sites for hydroxylation is 1. The Balaban J connectivity index is 1.45. The lowest BCUT2D eigenvalue weighted by molar-refractivity contribution is -0.142. The summed E-state index contributed by atoms with van der Waals surface area (Å²) < 4.78 is 34.2. The summed E-state index contributed by atoms with van der Waals surface area (Å²) in [5.41, 5.74) is 0.923. The van der Waals surface area contributed by atoms with Gasteiger partial charge in [0.1, 0.15) is 28.9 Å². The Bertz CT molecular complexity index is 1640. The van der Waals surface area contributed by atoms with E-state index in [1.165, 1.54) is 4.57 Å². The van der Waals surface area contributed by atoms with Crippen LogP contribution in [0.4, 0.5) is 14.7 Å². The molecule has 0 radical (unpaired) electrons. The third-order valence-electron chi connectivity index (χ3n) is 6.90. The molecule has 1 unspecified atom stereocenters. The Kier molecular flexibility index (Phi) is 7.05. The number of hydrogen-bond donors (Lipinski definition) is 2. The van der Waals surface area contributed by atoms with Crippen LogP contribution in [0.5, 0.6) is 5.75 Å². The number of ether oxygens (including phenoxy) is 1. The number of halogens is 3. The van der Waals surface area contributed by atoms with E-state index in [-0.39, 0.29) is 23.1 Å². The lowest BCUT2D eigenvalue weighted by Gasteiger charge is -2.37. The van der Waals surface area contributed by atoms with Crippen LogP contribution in [-0.4, -0.2) is 43.7 Å². The summed E-state index contributed by atoms with van der Waals surface area (Å²) in [6.07, 6.45) is 6.11. The highest BCUT2D eigenvalue weighted by molar-refractivity contribution is 6.31. The number of anilines is 1. The molecule has 0 aromatic carbocycles. The highest BCUT2D eigenvalue weighted by Crippen LogP contribution is 2.33. The Morgan fingerprint density at radius 1 is 1.27 bits per heavy atom. The topological polar surface area (TPSA) is 122 Å². The first-order chi connectivity index (χ1) is 19.0. The minimum absolute atomic E-state index is 0.0412. The van der Waals surface area contributed by atoms with Gasteiger partial charge in [0.05, 0.1) is 29.0 Å². The fourth-order valence-corrected chi connectivity index (χ4v) is 4.71. The molecule has 208 valence electrons. The van der Waals surface area contributed by atoms with Crippen molar-refractivity contribution in [1.29, 1.82) is 0 Å². The van der Waals surface area contributed by atoms with Crippen molar-refractivity contribution < 1.29 is 23.4 Å². The molecular weight excluding hydrogens is 546 g/mol. The third-order valence-corrected chi connectivity index (χ3v) is 7.24. The number of nitrogens with zero attached hydrogens (tertiary/aromatic N) is 5. The number of dihydropyridines is 1. The van der Waals surface area contributed by atoms with Crippen LogP contribution in [0.2, 0.25) is 5.02 Å². The molecule has 0 amide bonds. The molecule has 5 rings (SSSR count). The van der Waals surface area contributed by atoms with Gasteiger partial charge in [-0.2, -0.15) is 0 Å². The molecule has 13 heteroatoms. The lowest BCUT2D eigenvalue weighted by atomic mass is 9.91. The molecule has 1 saturated heterocycles. The number of aromatic nitrogens is 4. The standard InChI is InChI=1S/C27H25ClF2N6O4/c1-14-9-33-27(3,22-4-5-31-26(34-22)35-11-16(12-35)25(38)39)8-20(14)36-15(2)6-21(23(28)24(36)37)40-13-19-18(30)7-17(29)10-32-19/h4-10,16,33H,11-13H2,1-3H3,(H,38,39). The summed E-state index contributed by atoms with van der Waals surface area (Å²) in [6.45, 7) is 5.74. The number of nitrogens with one attached hydrogen (secondary N) is 1. The number of allylic oxidation sites excluding steroid dienone is 2. The normalized spacial score (nSPS) is 18.9. The zero-order chi connectivity index (χ0) is 28.8. The smallest absolute Gasteiger partial charge is 0.310 e. The largest absolute Gasteiger partial charge is 0.485 e. The van der Waals surface area contributed by atoms with Gasteiger partial charge in [0.2, 0.25) is 5.95 Å². The molecule has 5 heterocycles. The molecular formula is C27H25ClF2N6O4. The second kappa shape index (κ2) is 10.3. The minimum Gasteiger partial charge on any atom is -0.485 e. The van der Waals surface area contributed by atoms with E-state index in [0.29, 0.717) is 42.2 Å². The van der Waals surface area contributed by atoms with Crippen LogP contribution in [0, 0.1) is 24.5 Å². The van der Waals surface area contributed by atoms with Crippen molar-refractivity contribution in [3.63, 3.8) is 0 Å². The molecule has 3 aromatic heterocycles. The van der Waals surface area contributed by atoms with Gasteiger partial charge in [-0.15, -0.1) is 0 Å². The maximum Gasteiger partial charge on any atom is 0.310 e. The molecule has 2 aliphatic rings. The molecule has 1 atom stereocenters. The van der Waals surface area contributed by atoms with Crippen molar-refractivity contribution in [2.45, 2.75) is 32.9 Å². The Morgan fingerprint density at radius 3 is 2.73 bits per heavy atom. The van der Waals surface area contributed by atoms with Gasteiger partial charge in [0, 0.05) is 43.3 Å². The third kappa shape index (κ3) is 5.02. The predicted molar refractivity (Wildman–Crippen MR) is 143 cm³/mol. The van der Waals surface area contributed by atoms with Crippen LogP contribution in [-0.2, 0) is 16.9 Å². The van der Waals surface area contributed by atoms with Gasteiger partial charge < -0.3 is 20.1 Å². The van der Waals surface area contributed by atoms with Crippen molar-refractivity contribution in [3.05, 3.63) is 92.5 Å². The van der Waals surface area contributed by atoms with Gasteiger partial charge >= 0.3 is 5.97 Å². The summed E-state index contributed by atoms with van der Waals surface area (Å²) in [5.74, 6) is -2.52. The Labute approximate surface area is 232 Å². The lowest BCUT2D eigenvalue weighted by Crippen LogP contribution is -2.51. The van der Waals surface area contributed by atoms with E-state index in [9.17, 15) is 23.5 Å². The predicted octanol–water partition coefficient (Wildman–Crippen LogP) is 3.64. The average Bonchev–Trinajstić information content (AvgIpc) is 2.87. The van der Waals surface area contributed by atoms with Crippen LogP contribution in [0.3, 0.4) is 0 Å². The Morgan fingerprint density at radius 2 is 2.02 bits per heavy atom. The van der Waals surface area contributed by atoms with Crippen molar-refractivity contribution in [1.82, 2.24) is 24.8 Å². The number of carbonyl (C=O) groups is 1. The average molecular weight is 571 g/mol. The molecule has 40 heavy (non-hydrogen) atoms. The molecule has 3 aromatic rings. The zero-order valence-corrected chi connectivity index (χ0v) is 22.5. The first kappa shape index (κ1) is 27.3. The number of rotatable bonds is 7. The van der Waals surface area contributed by atoms with Crippen molar-refractivity contribution >= 4 is 29.2 Å². The summed E-state index contributed by atoms with van der Waals surface area (Å²) in [7, 11) is 0. The highest BCUT2D eigenvalue weighted by atomic mass is 35.5. The van der Waals surface area contributed by atoms with E-state index in [1.807, 2.05) is 19.9 Å². The summed E-state index contributed by atoms with van der Waals surface area (Å²) in [6, 6.07) is 4.00. The number of hydrogen-bond acceptors (Lipinski definition) is 8. The van der Waals surface area contributed by atoms with E-state index in [1.54, 1.807) is 36.4 Å². The van der Waals surface area contributed by atoms with E-state index >= 15 is 0 Å². The zero-order valence-electron chi connectivity index (χ0n) is 21.8. The molecule has 10 nitrogen and oxygen atoms in total. The number of pyridine rings is 2. The van der Waals surface area contributed by atoms with Crippen molar-refractivity contribution in [2.75, 3.05) is 18.0 Å². The fourth-order valence-electron chi connectivity index (χ4n) is 4.52. The maximum atomic E-state index is 14.0. The highest BCUT2D eigenvalue weighted by Gasteiger charge is 2.36. The summed E-state index contributed by atoms with van der Waals surface area (Å²) >= 11 is 6.41. The first-order valence-corrected chi connectivity index (χ1v) is 12.7. The minimum atomic E-state index is -0.871. The van der Waals surface area contributed by atoms with Crippen LogP contribution in [0.25, 0.3) is 5.70 Å². The molecule has 2 N–H and O–H groups in total. The van der Waals surface area contributed by atoms with Gasteiger partial charge in [-0.1, -0.05) is 11.6 Å². The first-order valence-electron chi connectivity index (χ1n) is 12.3. The molecule has 2 aliphatic heterocycles. The maximum absolute atomic E-state index is 14.0. The van der Waals surface area contributed by atoms with Gasteiger partial charge in [-0.05, 0) is 38.5 Å². The monoisotopic (exact) mass is 570 g/mol. The summed E-state index contributed by atoms with van der Waals surface area (Å²) in [5, 5.41) is 12.3. The molecule has 0 saturated carbocycles. The molecule has 0 aliphatic carbocycles. The van der Waals surface area contributed by atoms with Gasteiger partial charge in [0.15, 0.2) is 5.82 Å². The van der Waals surface area contributed by atoms with E-state index in [4.69, 9.17) is 16.3 Å². The second-order valence-electron chi connectivity index (χ2n) is 9.86. The van der Waals surface area contributed by atoms with Crippen LogP contribution in [0.15, 0.2) is 53.2 Å². The molecule has 0 bridgehead atoms. The summed E-state index contributed by atoms with van der Waals surface area (Å²) in [4.78, 5) is 39.1. The number of carboxylic acid groups (broad SMARTS) is 1. The van der Waals surface area contributed by atoms with Crippen molar-refractivity contribution in [3.8, 4) is 5.75 Å². The fraction of sp³-hybridized carbons (Fsp3) is 0.296. The number of carboxylic acids is 1. The van der Waals surface area contributed by atoms with E-state index in [2.05, 4.69) is 20.3 Å². The van der Waals surface area contributed by atoms with E-state index in [0.717, 1.165) is 11.8 Å². The van der Waals surface area contributed by atoms with Crippen molar-refractivity contribution in [2.24, 2.45) is 5.92 Å². The van der Waals surface area contributed by atoms with Gasteiger partial charge in [-0.3, -0.25) is 19.1 Å². The second-order valence-corrected chi connectivity index (χ2v) is 10.2. The van der Waals surface area contributed by atoms with E-state index < -0.39 is 34.6 Å². The quantitative estimate of drug-likeness (QED) is 0.438. The van der Waals surface area contributed by atoms with Gasteiger partial charge in [0.25, 0.3) is 5.56 Å². The van der Waals surface area contributed by atoms with Crippen LogP contribution in [0.1, 0.15) is 30.9 Å². The molecule has 1 fully saturated rings. The SMILES string of the molecule is CC1=CNC(C)(c2ccnc(N3CC(C(=O)O)C3)n2)C=C1n1c(C)cc(OCc2ncc(F)cc2F)c(Cl)c1=O.